The van der Waals surface area contributed by atoms with Crippen LogP contribution in [0.5, 0.6) is 0 Å². The van der Waals surface area contributed by atoms with Crippen LogP contribution in [0.4, 0.5) is 5.69 Å². The van der Waals surface area contributed by atoms with Crippen LogP contribution in [0.15, 0.2) is 60.7 Å². The number of anilines is 1. The Balaban J connectivity index is 1.51. The third-order valence-corrected chi connectivity index (χ3v) is 8.27. The van der Waals surface area contributed by atoms with Crippen LogP contribution in [0.3, 0.4) is 0 Å². The first-order valence-electron chi connectivity index (χ1n) is 9.05. The van der Waals surface area contributed by atoms with E-state index >= 15 is 0 Å². The first-order chi connectivity index (χ1) is 12.5. The van der Waals surface area contributed by atoms with Crippen LogP contribution < -0.4 is 4.31 Å². The molecule has 2 heterocycles. The van der Waals surface area contributed by atoms with Crippen molar-refractivity contribution in [1.82, 2.24) is 4.90 Å². The topological polar surface area (TPSA) is 60.9 Å². The average Bonchev–Trinajstić information content (AvgIpc) is 3.19. The maximum atomic E-state index is 13.3. The van der Waals surface area contributed by atoms with E-state index in [1.54, 1.807) is 12.1 Å². The Morgan fingerprint density at radius 1 is 1.04 bits per heavy atom. The molecule has 5 nitrogen and oxygen atoms in total. The van der Waals surface area contributed by atoms with E-state index in [1.165, 1.54) is 9.87 Å². The van der Waals surface area contributed by atoms with Crippen LogP contribution in [0.1, 0.15) is 12.0 Å². The first kappa shape index (κ1) is 17.5. The average molecular weight is 372 g/mol. The minimum atomic E-state index is -3.60. The summed E-state index contributed by atoms with van der Waals surface area (Å²) in [5.41, 5.74) is 1.88. The van der Waals surface area contributed by atoms with Crippen molar-refractivity contribution in [2.45, 2.75) is 23.7 Å². The standard InChI is InChI=1S/C20H24N2O3S/c23-19-15-22(18-9-5-2-6-10-18)26(24,25)20(19)12-14-21(16-20)13-11-17-7-3-1-4-8-17/h1-10,19,23H,11-16H2/t19-,20+/m0/s1. The second-order valence-corrected chi connectivity index (χ2v) is 9.42. The molecule has 0 unspecified atom stereocenters. The number of benzene rings is 2. The fraction of sp³-hybridized carbons (Fsp3) is 0.400. The summed E-state index contributed by atoms with van der Waals surface area (Å²) < 4.78 is 26.9. The molecule has 0 aromatic heterocycles. The van der Waals surface area contributed by atoms with Crippen LogP contribution in [0.2, 0.25) is 0 Å². The van der Waals surface area contributed by atoms with Gasteiger partial charge in [0.2, 0.25) is 10.0 Å². The minimum Gasteiger partial charge on any atom is -0.389 e. The number of β-amino-alcohol motifs (C(OH)–C–C–N with tert-alkyl or cyclic N) is 1. The molecule has 2 aromatic carbocycles. The lowest BCUT2D eigenvalue weighted by atomic mass is 10.0. The molecule has 1 N–H and O–H groups in total. The molecule has 2 saturated heterocycles. The highest BCUT2D eigenvalue weighted by Crippen LogP contribution is 2.42. The van der Waals surface area contributed by atoms with Gasteiger partial charge in [0, 0.05) is 13.1 Å². The zero-order valence-corrected chi connectivity index (χ0v) is 15.5. The molecular formula is C20H24N2O3S. The zero-order chi connectivity index (χ0) is 18.2. The van der Waals surface area contributed by atoms with Gasteiger partial charge in [0.15, 0.2) is 0 Å². The van der Waals surface area contributed by atoms with Gasteiger partial charge in [-0.25, -0.2) is 8.42 Å². The van der Waals surface area contributed by atoms with E-state index in [4.69, 9.17) is 0 Å². The maximum Gasteiger partial charge on any atom is 0.244 e. The monoisotopic (exact) mass is 372 g/mol. The lowest BCUT2D eigenvalue weighted by molar-refractivity contribution is 0.144. The van der Waals surface area contributed by atoms with Crippen molar-refractivity contribution < 1.29 is 13.5 Å². The number of likely N-dealkylation sites (tertiary alicyclic amines) is 1. The van der Waals surface area contributed by atoms with Gasteiger partial charge >= 0.3 is 0 Å². The molecule has 0 radical (unpaired) electrons. The SMILES string of the molecule is O=S1(=O)N(c2ccccc2)C[C@H](O)[C@]12CCN(CCc1ccccc1)C2. The quantitative estimate of drug-likeness (QED) is 0.890. The van der Waals surface area contributed by atoms with Crippen LogP contribution in [0, 0.1) is 0 Å². The van der Waals surface area contributed by atoms with Crippen molar-refractivity contribution in [3.8, 4) is 0 Å². The lowest BCUT2D eigenvalue weighted by Gasteiger charge is -2.27. The summed E-state index contributed by atoms with van der Waals surface area (Å²) in [5.74, 6) is 0. The highest BCUT2D eigenvalue weighted by Gasteiger charge is 2.61. The van der Waals surface area contributed by atoms with E-state index in [0.29, 0.717) is 25.2 Å². The Morgan fingerprint density at radius 3 is 2.38 bits per heavy atom. The number of para-hydroxylation sites is 1. The van der Waals surface area contributed by atoms with Crippen molar-refractivity contribution in [2.24, 2.45) is 0 Å². The van der Waals surface area contributed by atoms with Crippen LogP contribution in [-0.4, -0.2) is 55.5 Å². The van der Waals surface area contributed by atoms with Crippen LogP contribution in [0.25, 0.3) is 0 Å². The summed E-state index contributed by atoms with van der Waals surface area (Å²) >= 11 is 0. The predicted molar refractivity (Wildman–Crippen MR) is 103 cm³/mol. The fourth-order valence-corrected chi connectivity index (χ4v) is 6.43. The third kappa shape index (κ3) is 2.82. The van der Waals surface area contributed by atoms with Crippen molar-refractivity contribution in [3.05, 3.63) is 66.2 Å². The number of hydrogen-bond donors (Lipinski definition) is 1. The van der Waals surface area contributed by atoms with Gasteiger partial charge in [0.05, 0.1) is 18.3 Å². The van der Waals surface area contributed by atoms with Crippen molar-refractivity contribution in [3.63, 3.8) is 0 Å². The Morgan fingerprint density at radius 2 is 1.69 bits per heavy atom. The molecule has 138 valence electrons. The highest BCUT2D eigenvalue weighted by molar-refractivity contribution is 7.94. The third-order valence-electron chi connectivity index (χ3n) is 5.70. The first-order valence-corrected chi connectivity index (χ1v) is 10.5. The Hall–Kier alpha value is -1.89. The molecule has 2 aliphatic heterocycles. The summed E-state index contributed by atoms with van der Waals surface area (Å²) in [6, 6.07) is 19.3. The molecule has 2 atom stereocenters. The molecule has 2 fully saturated rings. The molecule has 0 bridgehead atoms. The molecule has 0 aliphatic carbocycles. The van der Waals surface area contributed by atoms with Gasteiger partial charge in [0.1, 0.15) is 4.75 Å². The van der Waals surface area contributed by atoms with Crippen LogP contribution in [-0.2, 0) is 16.4 Å². The van der Waals surface area contributed by atoms with Gasteiger partial charge in [-0.05, 0) is 37.1 Å². The number of sulfonamides is 1. The second kappa shape index (κ2) is 6.68. The number of rotatable bonds is 4. The molecule has 26 heavy (non-hydrogen) atoms. The smallest absolute Gasteiger partial charge is 0.244 e. The van der Waals surface area contributed by atoms with Crippen molar-refractivity contribution in [1.29, 1.82) is 0 Å². The molecule has 2 aromatic rings. The second-order valence-electron chi connectivity index (χ2n) is 7.21. The molecule has 0 saturated carbocycles. The number of aliphatic hydroxyl groups excluding tert-OH is 1. The van der Waals surface area contributed by atoms with E-state index < -0.39 is 20.9 Å². The van der Waals surface area contributed by atoms with Gasteiger partial charge in [0.25, 0.3) is 0 Å². The number of hydrogen-bond acceptors (Lipinski definition) is 4. The van der Waals surface area contributed by atoms with E-state index in [0.717, 1.165) is 13.0 Å². The van der Waals surface area contributed by atoms with Gasteiger partial charge in [-0.2, -0.15) is 0 Å². The Labute approximate surface area is 154 Å². The summed E-state index contributed by atoms with van der Waals surface area (Å²) in [6.45, 7) is 2.04. The normalized spacial score (nSPS) is 28.0. The Kier molecular flexibility index (Phi) is 4.50. The largest absolute Gasteiger partial charge is 0.389 e. The number of nitrogens with zero attached hydrogens (tertiary/aromatic N) is 2. The summed E-state index contributed by atoms with van der Waals surface area (Å²) in [6.07, 6.45) is 0.499. The summed E-state index contributed by atoms with van der Waals surface area (Å²) in [7, 11) is -3.60. The van der Waals surface area contributed by atoms with Crippen molar-refractivity contribution >= 4 is 15.7 Å². The molecule has 0 amide bonds. The lowest BCUT2D eigenvalue weighted by Crippen LogP contribution is -2.48. The van der Waals surface area contributed by atoms with Gasteiger partial charge < -0.3 is 10.0 Å². The molecule has 4 rings (SSSR count). The predicted octanol–water partition coefficient (Wildman–Crippen LogP) is 1.88. The van der Waals surface area contributed by atoms with E-state index in [9.17, 15) is 13.5 Å². The van der Waals surface area contributed by atoms with Crippen molar-refractivity contribution in [2.75, 3.05) is 30.5 Å². The maximum absolute atomic E-state index is 13.3. The Bertz CT molecular complexity index is 857. The molecule has 1 spiro atoms. The molecule has 6 heteroatoms. The minimum absolute atomic E-state index is 0.138. The van der Waals surface area contributed by atoms with E-state index in [-0.39, 0.29) is 6.54 Å². The van der Waals surface area contributed by atoms with Crippen LogP contribution >= 0.6 is 0 Å². The van der Waals surface area contributed by atoms with Gasteiger partial charge in [-0.15, -0.1) is 0 Å². The summed E-state index contributed by atoms with van der Waals surface area (Å²) in [5, 5.41) is 10.7. The van der Waals surface area contributed by atoms with E-state index in [2.05, 4.69) is 17.0 Å². The highest BCUT2D eigenvalue weighted by atomic mass is 32.2. The molecule has 2 aliphatic rings. The molecular weight excluding hydrogens is 348 g/mol. The summed E-state index contributed by atoms with van der Waals surface area (Å²) in [4.78, 5) is 2.17. The van der Waals surface area contributed by atoms with E-state index in [1.807, 2.05) is 36.4 Å². The fourth-order valence-electron chi connectivity index (χ4n) is 4.14. The van der Waals surface area contributed by atoms with Gasteiger partial charge in [-0.1, -0.05) is 48.5 Å². The van der Waals surface area contributed by atoms with Gasteiger partial charge in [-0.3, -0.25) is 4.31 Å². The number of aliphatic hydroxyl groups is 1. The zero-order valence-electron chi connectivity index (χ0n) is 14.7.